The third kappa shape index (κ3) is 3.20. The molecule has 0 atom stereocenters. The quantitative estimate of drug-likeness (QED) is 0.692. The Balaban J connectivity index is 1.83. The van der Waals surface area contributed by atoms with Crippen LogP contribution in [-0.2, 0) is 4.74 Å². The number of nitrogens with one attached hydrogen (secondary N) is 1. The summed E-state index contributed by atoms with van der Waals surface area (Å²) in [6.45, 7) is 2.14. The summed E-state index contributed by atoms with van der Waals surface area (Å²) in [4.78, 5) is 19.6. The lowest BCUT2D eigenvalue weighted by atomic mass is 10.4. The molecule has 6 heteroatoms. The number of aromatic nitrogens is 2. The number of aromatic amines is 1. The maximum Gasteiger partial charge on any atom is 0.276 e. The van der Waals surface area contributed by atoms with Gasteiger partial charge in [-0.1, -0.05) is 0 Å². The average molecular weight is 238 g/mol. The summed E-state index contributed by atoms with van der Waals surface area (Å²) in [6, 6.07) is 0. The Morgan fingerprint density at radius 3 is 3.12 bits per heavy atom. The second kappa shape index (κ2) is 5.18. The van der Waals surface area contributed by atoms with Crippen molar-refractivity contribution >= 4 is 11.5 Å². The smallest absolute Gasteiger partial charge is 0.276 e. The van der Waals surface area contributed by atoms with Gasteiger partial charge in [-0.15, -0.1) is 0 Å². The van der Waals surface area contributed by atoms with E-state index in [9.17, 15) is 4.79 Å². The monoisotopic (exact) mass is 238 g/mol. The molecule has 3 N–H and O–H groups in total. The molecule has 1 aromatic heterocycles. The molecule has 0 unspecified atom stereocenters. The molecule has 1 aromatic rings. The molecule has 94 valence electrons. The molecule has 0 bridgehead atoms. The van der Waals surface area contributed by atoms with Crippen molar-refractivity contribution in [1.29, 1.82) is 0 Å². The van der Waals surface area contributed by atoms with E-state index in [-0.39, 0.29) is 11.2 Å². The molecule has 0 saturated heterocycles. The molecule has 17 heavy (non-hydrogen) atoms. The van der Waals surface area contributed by atoms with E-state index in [1.807, 2.05) is 11.9 Å². The van der Waals surface area contributed by atoms with Crippen LogP contribution in [0.4, 0.5) is 11.5 Å². The van der Waals surface area contributed by atoms with Crippen LogP contribution in [0.2, 0.25) is 0 Å². The Morgan fingerprint density at radius 1 is 1.65 bits per heavy atom. The van der Waals surface area contributed by atoms with E-state index in [4.69, 9.17) is 10.5 Å². The maximum atomic E-state index is 11.3. The van der Waals surface area contributed by atoms with E-state index < -0.39 is 0 Å². The largest absolute Gasteiger partial charge is 0.391 e. The number of likely N-dealkylation sites (N-methyl/N-ethyl adjacent to an activating group) is 1. The summed E-state index contributed by atoms with van der Waals surface area (Å²) in [5.41, 5.74) is 5.50. The van der Waals surface area contributed by atoms with Crippen molar-refractivity contribution < 1.29 is 4.74 Å². The van der Waals surface area contributed by atoms with Gasteiger partial charge in [0.1, 0.15) is 5.69 Å². The Morgan fingerprint density at radius 2 is 2.41 bits per heavy atom. The minimum Gasteiger partial charge on any atom is -0.391 e. The van der Waals surface area contributed by atoms with E-state index in [2.05, 4.69) is 9.97 Å². The topological polar surface area (TPSA) is 84.2 Å². The minimum atomic E-state index is -0.305. The first-order chi connectivity index (χ1) is 8.18. The molecule has 2 rings (SSSR count). The summed E-state index contributed by atoms with van der Waals surface area (Å²) in [5.74, 6) is 1.27. The van der Waals surface area contributed by atoms with Gasteiger partial charge in [-0.2, -0.15) is 0 Å². The SMILES string of the molecule is CN(CCOCC1CC1)c1nc[nH]c(=O)c1N. The van der Waals surface area contributed by atoms with Gasteiger partial charge in [0.05, 0.1) is 12.9 Å². The van der Waals surface area contributed by atoms with Crippen molar-refractivity contribution in [1.82, 2.24) is 9.97 Å². The van der Waals surface area contributed by atoms with Gasteiger partial charge in [0.15, 0.2) is 5.82 Å². The Hall–Kier alpha value is -1.56. The van der Waals surface area contributed by atoms with Crippen molar-refractivity contribution in [2.75, 3.05) is 37.4 Å². The highest BCUT2D eigenvalue weighted by atomic mass is 16.5. The van der Waals surface area contributed by atoms with Gasteiger partial charge in [-0.25, -0.2) is 4.98 Å². The second-order valence-electron chi connectivity index (χ2n) is 4.41. The number of nitrogens with two attached hydrogens (primary N) is 1. The Labute approximate surface area is 99.8 Å². The maximum absolute atomic E-state index is 11.3. The molecule has 1 aliphatic carbocycles. The highest BCUT2D eigenvalue weighted by Crippen LogP contribution is 2.28. The zero-order valence-corrected chi connectivity index (χ0v) is 9.98. The van der Waals surface area contributed by atoms with Crippen molar-refractivity contribution in [3.05, 3.63) is 16.7 Å². The number of rotatable bonds is 6. The zero-order valence-electron chi connectivity index (χ0n) is 9.98. The van der Waals surface area contributed by atoms with E-state index in [1.165, 1.54) is 19.2 Å². The molecule has 1 saturated carbocycles. The van der Waals surface area contributed by atoms with Crippen molar-refractivity contribution in [3.63, 3.8) is 0 Å². The van der Waals surface area contributed by atoms with Crippen molar-refractivity contribution in [2.45, 2.75) is 12.8 Å². The van der Waals surface area contributed by atoms with Crippen LogP contribution >= 0.6 is 0 Å². The molecular formula is C11H18N4O2. The van der Waals surface area contributed by atoms with Crippen LogP contribution in [0.25, 0.3) is 0 Å². The summed E-state index contributed by atoms with van der Waals surface area (Å²) in [5, 5.41) is 0. The fraction of sp³-hybridized carbons (Fsp3) is 0.636. The summed E-state index contributed by atoms with van der Waals surface area (Å²) in [6.07, 6.45) is 3.94. The van der Waals surface area contributed by atoms with Gasteiger partial charge >= 0.3 is 0 Å². The Bertz CT molecular complexity index is 428. The van der Waals surface area contributed by atoms with Crippen LogP contribution in [0, 0.1) is 5.92 Å². The molecule has 1 fully saturated rings. The molecule has 6 nitrogen and oxygen atoms in total. The third-order valence-electron chi connectivity index (χ3n) is 2.85. The number of hydrogen-bond donors (Lipinski definition) is 2. The van der Waals surface area contributed by atoms with Gasteiger partial charge in [0.25, 0.3) is 5.56 Å². The van der Waals surface area contributed by atoms with Crippen molar-refractivity contribution in [3.8, 4) is 0 Å². The lowest BCUT2D eigenvalue weighted by Crippen LogP contribution is -2.27. The van der Waals surface area contributed by atoms with Crippen molar-refractivity contribution in [2.24, 2.45) is 5.92 Å². The van der Waals surface area contributed by atoms with E-state index >= 15 is 0 Å². The summed E-state index contributed by atoms with van der Waals surface area (Å²) >= 11 is 0. The minimum absolute atomic E-state index is 0.150. The van der Waals surface area contributed by atoms with Gasteiger partial charge in [-0.05, 0) is 18.8 Å². The lowest BCUT2D eigenvalue weighted by Gasteiger charge is -2.18. The number of nitrogens with zero attached hydrogens (tertiary/aromatic N) is 2. The molecule has 0 radical (unpaired) electrons. The Kier molecular flexibility index (Phi) is 3.63. The zero-order chi connectivity index (χ0) is 12.3. The predicted molar refractivity (Wildman–Crippen MR) is 66.1 cm³/mol. The van der Waals surface area contributed by atoms with E-state index in [1.54, 1.807) is 0 Å². The lowest BCUT2D eigenvalue weighted by molar-refractivity contribution is 0.131. The van der Waals surface area contributed by atoms with Gasteiger partial charge in [0, 0.05) is 20.2 Å². The van der Waals surface area contributed by atoms with Crippen LogP contribution in [-0.4, -0.2) is 36.8 Å². The summed E-state index contributed by atoms with van der Waals surface area (Å²) in [7, 11) is 1.85. The normalized spacial score (nSPS) is 14.9. The number of H-pyrrole nitrogens is 1. The van der Waals surface area contributed by atoms with Crippen LogP contribution < -0.4 is 16.2 Å². The van der Waals surface area contributed by atoms with Gasteiger partial charge in [-0.3, -0.25) is 4.79 Å². The van der Waals surface area contributed by atoms with Gasteiger partial charge < -0.3 is 20.4 Å². The van der Waals surface area contributed by atoms with Crippen LogP contribution in [0.1, 0.15) is 12.8 Å². The second-order valence-corrected chi connectivity index (χ2v) is 4.41. The molecular weight excluding hydrogens is 220 g/mol. The number of nitrogen functional groups attached to an aromatic ring is 1. The van der Waals surface area contributed by atoms with Crippen LogP contribution in [0.3, 0.4) is 0 Å². The molecule has 1 heterocycles. The molecule has 0 aliphatic heterocycles. The van der Waals surface area contributed by atoms with Gasteiger partial charge in [0.2, 0.25) is 0 Å². The first-order valence-electron chi connectivity index (χ1n) is 5.80. The molecule has 1 aliphatic rings. The first kappa shape index (κ1) is 11.9. The fourth-order valence-electron chi connectivity index (χ4n) is 1.55. The molecule has 0 spiro atoms. The number of hydrogen-bond acceptors (Lipinski definition) is 5. The average Bonchev–Trinajstić information content (AvgIpc) is 3.12. The van der Waals surface area contributed by atoms with Crippen LogP contribution in [0.15, 0.2) is 11.1 Å². The first-order valence-corrected chi connectivity index (χ1v) is 5.80. The third-order valence-corrected chi connectivity index (χ3v) is 2.85. The molecule has 0 aromatic carbocycles. The highest BCUT2D eigenvalue weighted by Gasteiger charge is 2.21. The predicted octanol–water partition coefficient (Wildman–Crippen LogP) is 0.215. The number of anilines is 2. The fourth-order valence-corrected chi connectivity index (χ4v) is 1.55. The molecule has 0 amide bonds. The highest BCUT2D eigenvalue weighted by molar-refractivity contribution is 5.60. The van der Waals surface area contributed by atoms with E-state index in [0.717, 1.165) is 12.5 Å². The van der Waals surface area contributed by atoms with E-state index in [0.29, 0.717) is 19.0 Å². The van der Waals surface area contributed by atoms with Crippen LogP contribution in [0.5, 0.6) is 0 Å². The number of ether oxygens (including phenoxy) is 1. The standard InChI is InChI=1S/C11H18N4O2/c1-15(4-5-17-6-8-2-3-8)10-9(12)11(16)14-7-13-10/h7-8H,2-6,12H2,1H3,(H,13,14,16). The summed E-state index contributed by atoms with van der Waals surface area (Å²) < 4.78 is 5.52.